The number of esters is 1. The third-order valence-electron chi connectivity index (χ3n) is 3.99. The van der Waals surface area contributed by atoms with Gasteiger partial charge in [0.2, 0.25) is 0 Å². The average Bonchev–Trinajstić information content (AvgIpc) is 3.39. The summed E-state index contributed by atoms with van der Waals surface area (Å²) >= 11 is 0. The number of epoxide rings is 1. The van der Waals surface area contributed by atoms with E-state index in [9.17, 15) is 4.79 Å². The largest absolute Gasteiger partial charge is 0.497 e. The topological polar surface area (TPSA) is 66.5 Å². The normalized spacial score (nSPS) is 18.8. The minimum atomic E-state index is -0.674. The van der Waals surface area contributed by atoms with Crippen LogP contribution < -0.4 is 14.2 Å². The van der Waals surface area contributed by atoms with Gasteiger partial charge in [-0.15, -0.1) is 0 Å². The Kier molecular flexibility index (Phi) is 6.73. The highest BCUT2D eigenvalue weighted by Gasteiger charge is 2.52. The first-order valence-corrected chi connectivity index (χ1v) is 8.31. The van der Waals surface area contributed by atoms with Gasteiger partial charge in [-0.1, -0.05) is 0 Å². The van der Waals surface area contributed by atoms with Crippen LogP contribution in [0.5, 0.6) is 17.2 Å². The lowest BCUT2D eigenvalue weighted by molar-refractivity contribution is -0.149. The zero-order chi connectivity index (χ0) is 17.4. The van der Waals surface area contributed by atoms with Crippen LogP contribution in [0.3, 0.4) is 0 Å². The van der Waals surface area contributed by atoms with Gasteiger partial charge in [0.05, 0.1) is 34.0 Å². The molecular formula is C18H26O6. The summed E-state index contributed by atoms with van der Waals surface area (Å²) in [6.45, 7) is 3.25. The lowest BCUT2D eigenvalue weighted by atomic mass is 10.0. The van der Waals surface area contributed by atoms with Crippen LogP contribution in [0.25, 0.3) is 0 Å². The molecule has 1 aromatic carbocycles. The molecule has 6 heteroatoms. The predicted molar refractivity (Wildman–Crippen MR) is 88.8 cm³/mol. The summed E-state index contributed by atoms with van der Waals surface area (Å²) in [5.41, 5.74) is -0.674. The summed E-state index contributed by atoms with van der Waals surface area (Å²) < 4.78 is 26.6. The maximum absolute atomic E-state index is 11.8. The van der Waals surface area contributed by atoms with Crippen LogP contribution in [0.2, 0.25) is 0 Å². The molecule has 0 spiro atoms. The Labute approximate surface area is 143 Å². The van der Waals surface area contributed by atoms with Gasteiger partial charge >= 0.3 is 5.97 Å². The summed E-state index contributed by atoms with van der Waals surface area (Å²) in [5, 5.41) is 0. The fraction of sp³-hybridized carbons (Fsp3) is 0.611. The molecule has 1 saturated heterocycles. The van der Waals surface area contributed by atoms with E-state index in [0.717, 1.165) is 25.0 Å². The van der Waals surface area contributed by atoms with E-state index < -0.39 is 5.60 Å². The van der Waals surface area contributed by atoms with E-state index in [1.807, 2.05) is 18.2 Å². The van der Waals surface area contributed by atoms with Gasteiger partial charge in [-0.3, -0.25) is 0 Å². The number of carbonyl (C=O) groups is 1. The first-order chi connectivity index (χ1) is 11.6. The molecule has 1 aliphatic heterocycles. The number of unbranched alkanes of at least 4 members (excludes halogenated alkanes) is 2. The van der Waals surface area contributed by atoms with Crippen LogP contribution in [0, 0.1) is 0 Å². The Bertz CT molecular complexity index is 538. The van der Waals surface area contributed by atoms with E-state index in [2.05, 4.69) is 0 Å². The van der Waals surface area contributed by atoms with Crippen molar-refractivity contribution in [3.05, 3.63) is 18.2 Å². The predicted octanol–water partition coefficient (Wildman–Crippen LogP) is 2.98. The summed E-state index contributed by atoms with van der Waals surface area (Å²) in [4.78, 5) is 11.8. The van der Waals surface area contributed by atoms with Crippen LogP contribution in [-0.4, -0.2) is 45.6 Å². The van der Waals surface area contributed by atoms with E-state index >= 15 is 0 Å². The minimum absolute atomic E-state index is 0.234. The lowest BCUT2D eigenvalue weighted by Crippen LogP contribution is -2.27. The number of methoxy groups -OCH3 is 2. The number of ether oxygens (including phenoxy) is 5. The highest BCUT2D eigenvalue weighted by molar-refractivity contribution is 5.82. The Hall–Kier alpha value is -1.95. The van der Waals surface area contributed by atoms with Gasteiger partial charge < -0.3 is 23.7 Å². The molecule has 1 fully saturated rings. The van der Waals surface area contributed by atoms with E-state index in [1.165, 1.54) is 0 Å². The molecule has 1 heterocycles. The molecule has 0 bridgehead atoms. The second-order valence-corrected chi connectivity index (χ2v) is 5.68. The average molecular weight is 338 g/mol. The standard InChI is InChI=1S/C18H26O6/c1-4-22-17(19)18(13-24-18)10-6-5-7-11-23-16-12-14(20-2)8-9-15(16)21-3/h8-9,12H,4-7,10-11,13H2,1-3H3. The van der Waals surface area contributed by atoms with Crippen molar-refractivity contribution >= 4 is 5.97 Å². The third-order valence-corrected chi connectivity index (χ3v) is 3.99. The molecule has 134 valence electrons. The van der Waals surface area contributed by atoms with Crippen molar-refractivity contribution in [2.45, 2.75) is 38.2 Å². The van der Waals surface area contributed by atoms with E-state index in [4.69, 9.17) is 23.7 Å². The summed E-state index contributed by atoms with van der Waals surface area (Å²) in [5.74, 6) is 1.85. The summed E-state index contributed by atoms with van der Waals surface area (Å²) in [6.07, 6.45) is 3.45. The molecule has 1 aliphatic rings. The van der Waals surface area contributed by atoms with Crippen molar-refractivity contribution < 1.29 is 28.5 Å². The molecular weight excluding hydrogens is 312 g/mol. The van der Waals surface area contributed by atoms with Crippen molar-refractivity contribution in [1.82, 2.24) is 0 Å². The first-order valence-electron chi connectivity index (χ1n) is 8.31. The van der Waals surface area contributed by atoms with Gasteiger partial charge in [0, 0.05) is 6.07 Å². The van der Waals surface area contributed by atoms with Gasteiger partial charge in [0.1, 0.15) is 5.75 Å². The molecule has 1 unspecified atom stereocenters. The summed E-state index contributed by atoms with van der Waals surface area (Å²) in [7, 11) is 3.23. The molecule has 0 radical (unpaired) electrons. The fourth-order valence-electron chi connectivity index (χ4n) is 2.48. The Morgan fingerprint density at radius 3 is 2.58 bits per heavy atom. The molecule has 2 rings (SSSR count). The van der Waals surface area contributed by atoms with E-state index in [-0.39, 0.29) is 5.97 Å². The van der Waals surface area contributed by atoms with Crippen LogP contribution in [0.15, 0.2) is 18.2 Å². The third kappa shape index (κ3) is 4.77. The highest BCUT2D eigenvalue weighted by Crippen LogP contribution is 2.34. The molecule has 24 heavy (non-hydrogen) atoms. The molecule has 0 aromatic heterocycles. The zero-order valence-electron chi connectivity index (χ0n) is 14.6. The SMILES string of the molecule is CCOC(=O)C1(CCCCCOc2cc(OC)ccc2OC)CO1. The molecule has 0 amide bonds. The molecule has 0 saturated carbocycles. The summed E-state index contributed by atoms with van der Waals surface area (Å²) in [6, 6.07) is 5.46. The van der Waals surface area contributed by atoms with Crippen LogP contribution in [0.1, 0.15) is 32.6 Å². The number of rotatable bonds is 11. The molecule has 0 N–H and O–H groups in total. The van der Waals surface area contributed by atoms with Crippen molar-refractivity contribution in [1.29, 1.82) is 0 Å². The molecule has 0 aliphatic carbocycles. The van der Waals surface area contributed by atoms with Gasteiger partial charge in [0.15, 0.2) is 17.1 Å². The van der Waals surface area contributed by atoms with Crippen molar-refractivity contribution in [2.75, 3.05) is 34.0 Å². The fourth-order valence-corrected chi connectivity index (χ4v) is 2.48. The highest BCUT2D eigenvalue weighted by atomic mass is 16.6. The van der Waals surface area contributed by atoms with Crippen LogP contribution in [-0.2, 0) is 14.3 Å². The molecule has 1 atom stereocenters. The number of hydrogen-bond donors (Lipinski definition) is 0. The Morgan fingerprint density at radius 2 is 1.96 bits per heavy atom. The number of benzene rings is 1. The number of hydrogen-bond acceptors (Lipinski definition) is 6. The number of carbonyl (C=O) groups excluding carboxylic acids is 1. The Morgan fingerprint density at radius 1 is 1.17 bits per heavy atom. The molecule has 6 nitrogen and oxygen atoms in total. The first kappa shape index (κ1) is 18.4. The smallest absolute Gasteiger partial charge is 0.340 e. The van der Waals surface area contributed by atoms with Crippen LogP contribution in [0.4, 0.5) is 0 Å². The van der Waals surface area contributed by atoms with E-state index in [0.29, 0.717) is 37.7 Å². The van der Waals surface area contributed by atoms with Crippen molar-refractivity contribution in [3.8, 4) is 17.2 Å². The quantitative estimate of drug-likeness (QED) is 0.351. The van der Waals surface area contributed by atoms with E-state index in [1.54, 1.807) is 21.1 Å². The Balaban J connectivity index is 1.68. The minimum Gasteiger partial charge on any atom is -0.497 e. The maximum Gasteiger partial charge on any atom is 0.340 e. The van der Waals surface area contributed by atoms with Crippen LogP contribution >= 0.6 is 0 Å². The van der Waals surface area contributed by atoms with Gasteiger partial charge in [-0.2, -0.15) is 0 Å². The van der Waals surface area contributed by atoms with Gasteiger partial charge in [-0.05, 0) is 44.7 Å². The monoisotopic (exact) mass is 338 g/mol. The van der Waals surface area contributed by atoms with Gasteiger partial charge in [0.25, 0.3) is 0 Å². The van der Waals surface area contributed by atoms with Crippen molar-refractivity contribution in [3.63, 3.8) is 0 Å². The molecule has 1 aromatic rings. The second-order valence-electron chi connectivity index (χ2n) is 5.68. The second kappa shape index (κ2) is 8.78. The maximum atomic E-state index is 11.8. The lowest BCUT2D eigenvalue weighted by Gasteiger charge is -2.12. The zero-order valence-corrected chi connectivity index (χ0v) is 14.6. The van der Waals surface area contributed by atoms with Crippen molar-refractivity contribution in [2.24, 2.45) is 0 Å². The van der Waals surface area contributed by atoms with Gasteiger partial charge in [-0.25, -0.2) is 4.79 Å².